The molecule has 4 rings (SSSR count). The monoisotopic (exact) mass is 529 g/mol. The zero-order valence-electron chi connectivity index (χ0n) is 20.9. The number of nitrogens with zero attached hydrogens (tertiary/aromatic N) is 2. The lowest BCUT2D eigenvalue weighted by atomic mass is 10.0. The lowest BCUT2D eigenvalue weighted by Crippen LogP contribution is -2.60. The van der Waals surface area contributed by atoms with Gasteiger partial charge in [-0.05, 0) is 48.9 Å². The number of hydrogen-bond acceptors (Lipinski definition) is 5. The smallest absolute Gasteiger partial charge is 0.247 e. The Hall–Kier alpha value is -4.43. The molecular formula is C29H28ClN5O3. The number of piperazine rings is 1. The molecule has 194 valence electrons. The van der Waals surface area contributed by atoms with Crippen molar-refractivity contribution in [2.24, 2.45) is 5.73 Å². The van der Waals surface area contributed by atoms with Gasteiger partial charge in [0.15, 0.2) is 0 Å². The fraction of sp³-hybridized carbons (Fsp3) is 0.172. The van der Waals surface area contributed by atoms with Gasteiger partial charge in [0.25, 0.3) is 0 Å². The third-order valence-corrected chi connectivity index (χ3v) is 6.55. The molecule has 0 aromatic heterocycles. The Kier molecular flexibility index (Phi) is 8.23. The minimum Gasteiger partial charge on any atom is -0.398 e. The second kappa shape index (κ2) is 11.7. The van der Waals surface area contributed by atoms with Crippen LogP contribution in [0.5, 0.6) is 0 Å². The largest absolute Gasteiger partial charge is 0.398 e. The molecule has 0 radical (unpaired) electrons. The van der Waals surface area contributed by atoms with E-state index < -0.39 is 6.04 Å². The van der Waals surface area contributed by atoms with Gasteiger partial charge in [-0.1, -0.05) is 59.6 Å². The fourth-order valence-electron chi connectivity index (χ4n) is 4.33. The van der Waals surface area contributed by atoms with Gasteiger partial charge in [0, 0.05) is 34.6 Å². The normalized spacial score (nSPS) is 14.8. The number of amides is 3. The van der Waals surface area contributed by atoms with Crippen LogP contribution in [-0.2, 0) is 20.8 Å². The van der Waals surface area contributed by atoms with Crippen LogP contribution < -0.4 is 16.0 Å². The van der Waals surface area contributed by atoms with Gasteiger partial charge in [-0.25, -0.2) is 0 Å². The Morgan fingerprint density at radius 3 is 2.45 bits per heavy atom. The molecule has 1 aliphatic heterocycles. The van der Waals surface area contributed by atoms with Gasteiger partial charge in [0.1, 0.15) is 19.1 Å². The molecule has 3 aromatic carbocycles. The third-order valence-electron chi connectivity index (χ3n) is 6.31. The Bertz CT molecular complexity index is 1390. The number of hydrogen-bond donors (Lipinski definition) is 3. The van der Waals surface area contributed by atoms with E-state index in [1.54, 1.807) is 30.3 Å². The van der Waals surface area contributed by atoms with Crippen LogP contribution in [0.4, 0.5) is 11.4 Å². The van der Waals surface area contributed by atoms with Gasteiger partial charge >= 0.3 is 0 Å². The van der Waals surface area contributed by atoms with E-state index in [4.69, 9.17) is 22.7 Å². The molecule has 1 heterocycles. The van der Waals surface area contributed by atoms with Crippen LogP contribution in [0.2, 0.25) is 5.02 Å². The molecule has 1 atom stereocenters. The van der Waals surface area contributed by atoms with Crippen LogP contribution in [0.1, 0.15) is 16.7 Å². The van der Waals surface area contributed by atoms with Crippen LogP contribution in [0.25, 0.3) is 5.70 Å². The van der Waals surface area contributed by atoms with Crippen molar-refractivity contribution in [3.8, 4) is 0 Å². The minimum absolute atomic E-state index is 0.245. The van der Waals surface area contributed by atoms with Crippen molar-refractivity contribution in [3.05, 3.63) is 101 Å². The predicted octanol–water partition coefficient (Wildman–Crippen LogP) is 4.02. The maximum Gasteiger partial charge on any atom is 0.247 e. The highest BCUT2D eigenvalue weighted by atomic mass is 35.5. The Labute approximate surface area is 226 Å². The molecular weight excluding hydrogens is 502 g/mol. The van der Waals surface area contributed by atoms with E-state index in [0.717, 1.165) is 17.3 Å². The molecule has 0 spiro atoms. The topological polar surface area (TPSA) is 120 Å². The number of rotatable bonds is 8. The van der Waals surface area contributed by atoms with Crippen LogP contribution in [0.15, 0.2) is 78.9 Å². The summed E-state index contributed by atoms with van der Waals surface area (Å²) in [5.41, 5.74) is 9.73. The number of aryl methyl sites for hydroxylation is 1. The minimum atomic E-state index is -0.904. The molecule has 3 amide bonds. The van der Waals surface area contributed by atoms with E-state index in [2.05, 4.69) is 5.32 Å². The highest BCUT2D eigenvalue weighted by molar-refractivity contribution is 6.31. The first kappa shape index (κ1) is 26.6. The van der Waals surface area contributed by atoms with Crippen molar-refractivity contribution in [2.45, 2.75) is 19.4 Å². The molecule has 0 bridgehead atoms. The summed E-state index contributed by atoms with van der Waals surface area (Å²) in [4.78, 5) is 43.0. The SMILES string of the molecule is Cc1ccc(NC(=O)C(Cc2ccccc2)N2CC(=O)N(c3cc(Cl)ccc3/C(N)=C/C=N)CC2=O)cc1. The van der Waals surface area contributed by atoms with Gasteiger partial charge in [-0.3, -0.25) is 14.4 Å². The van der Waals surface area contributed by atoms with Crippen LogP contribution in [0.3, 0.4) is 0 Å². The molecule has 1 fully saturated rings. The lowest BCUT2D eigenvalue weighted by molar-refractivity contribution is -0.143. The van der Waals surface area contributed by atoms with Crippen LogP contribution in [-0.4, -0.2) is 48.0 Å². The Morgan fingerprint density at radius 2 is 1.76 bits per heavy atom. The first-order valence-corrected chi connectivity index (χ1v) is 12.4. The third kappa shape index (κ3) is 6.10. The van der Waals surface area contributed by atoms with Crippen LogP contribution in [0, 0.1) is 12.3 Å². The highest BCUT2D eigenvalue weighted by Crippen LogP contribution is 2.30. The predicted molar refractivity (Wildman–Crippen MR) is 150 cm³/mol. The summed E-state index contributed by atoms with van der Waals surface area (Å²) in [6.45, 7) is 1.37. The summed E-state index contributed by atoms with van der Waals surface area (Å²) in [7, 11) is 0. The second-order valence-electron chi connectivity index (χ2n) is 9.01. The summed E-state index contributed by atoms with van der Waals surface area (Å²) >= 11 is 6.21. The summed E-state index contributed by atoms with van der Waals surface area (Å²) in [6.07, 6.45) is 2.68. The highest BCUT2D eigenvalue weighted by Gasteiger charge is 2.38. The van der Waals surface area contributed by atoms with E-state index in [1.165, 1.54) is 15.9 Å². The van der Waals surface area contributed by atoms with E-state index in [9.17, 15) is 14.4 Å². The Balaban J connectivity index is 1.63. The fourth-order valence-corrected chi connectivity index (χ4v) is 4.50. The summed E-state index contributed by atoms with van der Waals surface area (Å²) < 4.78 is 0. The van der Waals surface area contributed by atoms with E-state index >= 15 is 0 Å². The summed E-state index contributed by atoms with van der Waals surface area (Å²) in [5, 5.41) is 10.6. The van der Waals surface area contributed by atoms with Crippen molar-refractivity contribution in [1.82, 2.24) is 4.90 Å². The lowest BCUT2D eigenvalue weighted by Gasteiger charge is -2.38. The summed E-state index contributed by atoms with van der Waals surface area (Å²) in [6, 6.07) is 20.7. The van der Waals surface area contributed by atoms with Gasteiger partial charge < -0.3 is 26.3 Å². The van der Waals surface area contributed by atoms with Crippen molar-refractivity contribution < 1.29 is 14.4 Å². The first-order valence-electron chi connectivity index (χ1n) is 12.0. The van der Waals surface area contributed by atoms with Crippen molar-refractivity contribution in [1.29, 1.82) is 5.41 Å². The van der Waals surface area contributed by atoms with E-state index in [-0.39, 0.29) is 42.9 Å². The Morgan fingerprint density at radius 1 is 1.05 bits per heavy atom. The number of anilines is 2. The number of benzene rings is 3. The summed E-state index contributed by atoms with van der Waals surface area (Å²) in [5.74, 6) is -1.14. The molecule has 0 aliphatic carbocycles. The van der Waals surface area contributed by atoms with Gasteiger partial charge in [-0.15, -0.1) is 0 Å². The second-order valence-corrected chi connectivity index (χ2v) is 9.45. The van der Waals surface area contributed by atoms with Crippen LogP contribution >= 0.6 is 11.6 Å². The molecule has 3 aromatic rings. The first-order chi connectivity index (χ1) is 18.3. The average Bonchev–Trinajstić information content (AvgIpc) is 2.90. The molecule has 1 saturated heterocycles. The zero-order valence-corrected chi connectivity index (χ0v) is 21.6. The molecule has 1 aliphatic rings. The van der Waals surface area contributed by atoms with Gasteiger partial charge in [0.05, 0.1) is 5.69 Å². The van der Waals surface area contributed by atoms with Gasteiger partial charge in [0.2, 0.25) is 17.7 Å². The number of nitrogens with two attached hydrogens (primary N) is 1. The molecule has 38 heavy (non-hydrogen) atoms. The molecule has 1 unspecified atom stereocenters. The quantitative estimate of drug-likeness (QED) is 0.382. The molecule has 0 saturated carbocycles. The zero-order chi connectivity index (χ0) is 27.2. The van der Waals surface area contributed by atoms with Crippen molar-refractivity contribution in [2.75, 3.05) is 23.3 Å². The number of carbonyl (C=O) groups excluding carboxylic acids is 3. The number of allylic oxidation sites excluding steroid dienone is 1. The number of carbonyl (C=O) groups is 3. The van der Waals surface area contributed by atoms with E-state index in [1.807, 2.05) is 49.4 Å². The standard InChI is InChI=1S/C29H28ClN5O3/c1-19-7-10-22(11-8-19)33-29(38)26(15-20-5-3-2-4-6-20)35-18-27(36)34(17-28(35)37)25-16-21(30)9-12-23(25)24(32)13-14-31/h2-14,16,26,31H,15,17-18,32H2,1H3,(H,33,38)/b24-13-,31-14?. The molecule has 9 heteroatoms. The molecule has 8 nitrogen and oxygen atoms in total. The maximum absolute atomic E-state index is 13.5. The number of nitrogens with one attached hydrogen (secondary N) is 2. The average molecular weight is 530 g/mol. The van der Waals surface area contributed by atoms with Crippen molar-refractivity contribution >= 4 is 52.6 Å². The van der Waals surface area contributed by atoms with Crippen molar-refractivity contribution in [3.63, 3.8) is 0 Å². The van der Waals surface area contributed by atoms with E-state index in [0.29, 0.717) is 22.0 Å². The maximum atomic E-state index is 13.5. The molecule has 4 N–H and O–H groups in total. The number of halogens is 1. The van der Waals surface area contributed by atoms with Gasteiger partial charge in [-0.2, -0.15) is 0 Å².